The van der Waals surface area contributed by atoms with Crippen molar-refractivity contribution in [1.82, 2.24) is 5.06 Å². The van der Waals surface area contributed by atoms with Crippen molar-refractivity contribution in [3.63, 3.8) is 0 Å². The number of carbonyl (C=O) groups excluding carboxylic acids is 1. The first-order valence-electron chi connectivity index (χ1n) is 10.3. The summed E-state index contributed by atoms with van der Waals surface area (Å²) in [6.07, 6.45) is 13.6. The van der Waals surface area contributed by atoms with Crippen LogP contribution in [-0.4, -0.2) is 22.2 Å². The molecular formula is C22H35NO2. The Balaban J connectivity index is 1.68. The zero-order valence-corrected chi connectivity index (χ0v) is 15.8. The summed E-state index contributed by atoms with van der Waals surface area (Å²) in [5.74, 6) is 0.258. The summed E-state index contributed by atoms with van der Waals surface area (Å²) >= 11 is 0. The van der Waals surface area contributed by atoms with E-state index in [1.807, 2.05) is 6.07 Å². The number of nitrogens with zero attached hydrogens (tertiary/aromatic N) is 1. The van der Waals surface area contributed by atoms with Gasteiger partial charge in [0, 0.05) is 6.42 Å². The van der Waals surface area contributed by atoms with Crippen LogP contribution in [0.3, 0.4) is 0 Å². The minimum Gasteiger partial charge on any atom is -0.286 e. The maximum absolute atomic E-state index is 12.1. The predicted molar refractivity (Wildman–Crippen MR) is 103 cm³/mol. The molecule has 1 fully saturated rings. The largest absolute Gasteiger partial charge is 0.286 e. The molecule has 1 saturated heterocycles. The van der Waals surface area contributed by atoms with Crippen LogP contribution >= 0.6 is 0 Å². The Bertz CT molecular complexity index is 488. The van der Waals surface area contributed by atoms with Crippen LogP contribution in [0.25, 0.3) is 0 Å². The molecule has 0 aromatic heterocycles. The van der Waals surface area contributed by atoms with Gasteiger partial charge in [0.05, 0.1) is 6.04 Å². The average Bonchev–Trinajstić information content (AvgIpc) is 2.62. The molecule has 1 amide bonds. The lowest BCUT2D eigenvalue weighted by atomic mass is 9.85. The van der Waals surface area contributed by atoms with Crippen molar-refractivity contribution >= 4 is 5.91 Å². The van der Waals surface area contributed by atoms with E-state index in [2.05, 4.69) is 31.2 Å². The summed E-state index contributed by atoms with van der Waals surface area (Å²) < 4.78 is 0. The van der Waals surface area contributed by atoms with E-state index in [0.29, 0.717) is 12.3 Å². The molecule has 3 heteroatoms. The van der Waals surface area contributed by atoms with E-state index in [4.69, 9.17) is 0 Å². The Morgan fingerprint density at radius 2 is 1.64 bits per heavy atom. The van der Waals surface area contributed by atoms with E-state index in [-0.39, 0.29) is 11.9 Å². The Labute approximate surface area is 153 Å². The highest BCUT2D eigenvalue weighted by Crippen LogP contribution is 2.28. The molecule has 1 aliphatic heterocycles. The third kappa shape index (κ3) is 7.19. The van der Waals surface area contributed by atoms with E-state index >= 15 is 0 Å². The van der Waals surface area contributed by atoms with Crippen LogP contribution < -0.4 is 0 Å². The number of amides is 1. The molecule has 0 spiro atoms. The molecule has 0 saturated carbocycles. The molecule has 25 heavy (non-hydrogen) atoms. The molecule has 3 nitrogen and oxygen atoms in total. The summed E-state index contributed by atoms with van der Waals surface area (Å²) in [7, 11) is 0. The fourth-order valence-electron chi connectivity index (χ4n) is 3.97. The zero-order valence-electron chi connectivity index (χ0n) is 15.8. The number of hydroxylamine groups is 2. The maximum Gasteiger partial charge on any atom is 0.246 e. The first kappa shape index (κ1) is 20.0. The van der Waals surface area contributed by atoms with Crippen molar-refractivity contribution in [3.8, 4) is 0 Å². The topological polar surface area (TPSA) is 40.5 Å². The fourth-order valence-corrected chi connectivity index (χ4v) is 3.97. The van der Waals surface area contributed by atoms with Crippen molar-refractivity contribution < 1.29 is 10.0 Å². The first-order chi connectivity index (χ1) is 12.2. The number of unbranched alkanes of at least 4 members (excludes halogenated alkanes) is 7. The van der Waals surface area contributed by atoms with E-state index in [1.165, 1.54) is 50.5 Å². The van der Waals surface area contributed by atoms with Crippen LogP contribution in [0.5, 0.6) is 0 Å². The fraction of sp³-hybridized carbons (Fsp3) is 0.682. The summed E-state index contributed by atoms with van der Waals surface area (Å²) in [6.45, 7) is 2.25. The first-order valence-corrected chi connectivity index (χ1v) is 10.3. The van der Waals surface area contributed by atoms with Crippen LogP contribution in [0.15, 0.2) is 30.3 Å². The average molecular weight is 346 g/mol. The minimum absolute atomic E-state index is 0.00931. The van der Waals surface area contributed by atoms with Crippen LogP contribution in [0.4, 0.5) is 0 Å². The van der Waals surface area contributed by atoms with Crippen molar-refractivity contribution in [2.24, 2.45) is 5.92 Å². The number of piperidine rings is 1. The second-order valence-electron chi connectivity index (χ2n) is 7.65. The van der Waals surface area contributed by atoms with Crippen LogP contribution in [0.2, 0.25) is 0 Å². The molecule has 2 rings (SSSR count). The predicted octanol–water partition coefficient (Wildman–Crippen LogP) is 5.76. The molecule has 1 heterocycles. The normalized spacial score (nSPS) is 20.9. The Kier molecular flexibility index (Phi) is 9.03. The lowest BCUT2D eigenvalue weighted by Gasteiger charge is -2.35. The lowest BCUT2D eigenvalue weighted by Crippen LogP contribution is -2.44. The third-order valence-corrected chi connectivity index (χ3v) is 5.43. The Hall–Kier alpha value is -1.35. The molecule has 2 atom stereocenters. The monoisotopic (exact) mass is 345 g/mol. The van der Waals surface area contributed by atoms with E-state index in [0.717, 1.165) is 30.7 Å². The van der Waals surface area contributed by atoms with Gasteiger partial charge in [-0.2, -0.15) is 0 Å². The Morgan fingerprint density at radius 3 is 2.32 bits per heavy atom. The van der Waals surface area contributed by atoms with Gasteiger partial charge in [-0.15, -0.1) is 0 Å². The highest BCUT2D eigenvalue weighted by Gasteiger charge is 2.32. The smallest absolute Gasteiger partial charge is 0.246 e. The van der Waals surface area contributed by atoms with Crippen molar-refractivity contribution in [3.05, 3.63) is 35.9 Å². The van der Waals surface area contributed by atoms with Gasteiger partial charge in [0.2, 0.25) is 5.91 Å². The molecule has 0 bridgehead atoms. The molecule has 0 radical (unpaired) electrons. The standard InChI is InChI=1S/C22H35NO2/c1-2-3-4-5-6-7-8-12-15-21-17-20(18-22(24)23(21)25)16-19-13-10-9-11-14-19/h9-11,13-14,20-21,25H,2-8,12,15-18H2,1H3. The molecule has 1 aliphatic rings. The summed E-state index contributed by atoms with van der Waals surface area (Å²) in [4.78, 5) is 12.1. The van der Waals surface area contributed by atoms with Gasteiger partial charge < -0.3 is 0 Å². The van der Waals surface area contributed by atoms with Gasteiger partial charge in [-0.1, -0.05) is 88.6 Å². The lowest BCUT2D eigenvalue weighted by molar-refractivity contribution is -0.186. The Morgan fingerprint density at radius 1 is 1.00 bits per heavy atom. The highest BCUT2D eigenvalue weighted by atomic mass is 16.5. The highest BCUT2D eigenvalue weighted by molar-refractivity contribution is 5.76. The van der Waals surface area contributed by atoms with Gasteiger partial charge in [0.1, 0.15) is 0 Å². The van der Waals surface area contributed by atoms with E-state index < -0.39 is 0 Å². The quantitative estimate of drug-likeness (QED) is 0.409. The molecule has 1 aromatic rings. The number of benzene rings is 1. The molecule has 2 unspecified atom stereocenters. The number of hydrogen-bond acceptors (Lipinski definition) is 2. The van der Waals surface area contributed by atoms with E-state index in [9.17, 15) is 10.0 Å². The van der Waals surface area contributed by atoms with Gasteiger partial charge in [0.15, 0.2) is 0 Å². The zero-order chi connectivity index (χ0) is 17.9. The second kappa shape index (κ2) is 11.3. The summed E-state index contributed by atoms with van der Waals surface area (Å²) in [5, 5.41) is 11.1. The van der Waals surface area contributed by atoms with Crippen molar-refractivity contribution in [2.45, 2.75) is 90.0 Å². The van der Waals surface area contributed by atoms with Gasteiger partial charge in [0.25, 0.3) is 0 Å². The number of hydrogen-bond donors (Lipinski definition) is 1. The van der Waals surface area contributed by atoms with Gasteiger partial charge >= 0.3 is 0 Å². The van der Waals surface area contributed by atoms with Gasteiger partial charge in [-0.25, -0.2) is 5.06 Å². The third-order valence-electron chi connectivity index (χ3n) is 5.43. The summed E-state index contributed by atoms with van der Waals surface area (Å²) in [6, 6.07) is 10.4. The van der Waals surface area contributed by atoms with Crippen molar-refractivity contribution in [1.29, 1.82) is 0 Å². The van der Waals surface area contributed by atoms with Gasteiger partial charge in [-0.05, 0) is 30.7 Å². The summed E-state index contributed by atoms with van der Waals surface area (Å²) in [5.41, 5.74) is 1.29. The molecule has 1 N–H and O–H groups in total. The van der Waals surface area contributed by atoms with Gasteiger partial charge in [-0.3, -0.25) is 10.0 Å². The van der Waals surface area contributed by atoms with E-state index in [1.54, 1.807) is 0 Å². The second-order valence-corrected chi connectivity index (χ2v) is 7.65. The molecule has 1 aromatic carbocycles. The molecule has 140 valence electrons. The molecular weight excluding hydrogens is 310 g/mol. The van der Waals surface area contributed by atoms with Crippen LogP contribution in [-0.2, 0) is 11.2 Å². The van der Waals surface area contributed by atoms with Crippen LogP contribution in [0.1, 0.15) is 83.1 Å². The van der Waals surface area contributed by atoms with Crippen LogP contribution in [0, 0.1) is 5.92 Å². The maximum atomic E-state index is 12.1. The number of carbonyl (C=O) groups is 1. The minimum atomic E-state index is -0.100. The SMILES string of the molecule is CCCCCCCCCCC1CC(Cc2ccccc2)CC(=O)N1O. The molecule has 0 aliphatic carbocycles. The van der Waals surface area contributed by atoms with Crippen molar-refractivity contribution in [2.75, 3.05) is 0 Å². The number of rotatable bonds is 11.